The number of carbonyl (C=O) groups is 2. The lowest BCUT2D eigenvalue weighted by Crippen LogP contribution is -2.43. The SMILES string of the molecule is COc1ccc(/C=C2/Sc3ccccc3N(CC(=O)N[C@H](C)c3ccc4c(c3)OCCO4)C2=O)cc1Br. The number of halogens is 1. The Labute approximate surface area is 227 Å². The van der Waals surface area contributed by atoms with Crippen molar-refractivity contribution in [3.8, 4) is 17.2 Å². The van der Waals surface area contributed by atoms with Crippen LogP contribution in [0.25, 0.3) is 6.08 Å². The number of hydrogen-bond donors (Lipinski definition) is 1. The lowest BCUT2D eigenvalue weighted by Gasteiger charge is -2.30. The second kappa shape index (κ2) is 10.9. The van der Waals surface area contributed by atoms with Gasteiger partial charge in [-0.2, -0.15) is 0 Å². The first kappa shape index (κ1) is 25.2. The molecule has 9 heteroatoms. The fourth-order valence-corrected chi connectivity index (χ4v) is 5.80. The fourth-order valence-electron chi connectivity index (χ4n) is 4.19. The van der Waals surface area contributed by atoms with E-state index in [2.05, 4.69) is 21.2 Å². The lowest BCUT2D eigenvalue weighted by atomic mass is 10.1. The summed E-state index contributed by atoms with van der Waals surface area (Å²) in [4.78, 5) is 29.6. The number of methoxy groups -OCH3 is 1. The summed E-state index contributed by atoms with van der Waals surface area (Å²) in [7, 11) is 1.60. The topological polar surface area (TPSA) is 77.1 Å². The van der Waals surface area contributed by atoms with Crippen molar-refractivity contribution < 1.29 is 23.8 Å². The van der Waals surface area contributed by atoms with Gasteiger partial charge in [0.1, 0.15) is 25.5 Å². The number of nitrogens with one attached hydrogen (secondary N) is 1. The molecule has 2 heterocycles. The highest BCUT2D eigenvalue weighted by molar-refractivity contribution is 9.10. The van der Waals surface area contributed by atoms with E-state index in [1.807, 2.05) is 73.7 Å². The summed E-state index contributed by atoms with van der Waals surface area (Å²) in [6, 6.07) is 18.6. The van der Waals surface area contributed by atoms with Crippen LogP contribution in [0.2, 0.25) is 0 Å². The molecule has 0 unspecified atom stereocenters. The second-order valence-electron chi connectivity index (χ2n) is 8.56. The van der Waals surface area contributed by atoms with Crippen LogP contribution in [0.4, 0.5) is 5.69 Å². The summed E-state index contributed by atoms with van der Waals surface area (Å²) < 4.78 is 17.3. The van der Waals surface area contributed by atoms with Crippen molar-refractivity contribution in [3.63, 3.8) is 0 Å². The van der Waals surface area contributed by atoms with Gasteiger partial charge in [0.05, 0.1) is 28.2 Å². The van der Waals surface area contributed by atoms with E-state index in [0.29, 0.717) is 41.1 Å². The van der Waals surface area contributed by atoms with Gasteiger partial charge in [0, 0.05) is 4.90 Å². The first-order valence-corrected chi connectivity index (χ1v) is 13.4. The predicted octanol–water partition coefficient (Wildman–Crippen LogP) is 5.59. The molecular weight excluding hydrogens is 556 g/mol. The number of fused-ring (bicyclic) bond motifs is 2. The Morgan fingerprint density at radius 3 is 2.70 bits per heavy atom. The molecule has 1 atom stereocenters. The smallest absolute Gasteiger partial charge is 0.265 e. The highest BCUT2D eigenvalue weighted by Crippen LogP contribution is 2.42. The van der Waals surface area contributed by atoms with Crippen molar-refractivity contribution in [3.05, 3.63) is 81.2 Å². The maximum Gasteiger partial charge on any atom is 0.265 e. The molecule has 3 aromatic rings. The number of rotatable bonds is 6. The van der Waals surface area contributed by atoms with Crippen LogP contribution in [0.1, 0.15) is 24.1 Å². The Balaban J connectivity index is 1.35. The van der Waals surface area contributed by atoms with Crippen molar-refractivity contribution in [1.82, 2.24) is 5.32 Å². The zero-order valence-electron chi connectivity index (χ0n) is 20.3. The standard InChI is InChI=1S/C28H25BrN2O5S/c1-17(19-8-10-23-24(15-19)36-12-11-35-23)30-27(32)16-31-21-5-3-4-6-25(21)37-26(28(31)33)14-18-7-9-22(34-2)20(29)13-18/h3-10,13-15,17H,11-12,16H2,1-2H3,(H,30,32)/b26-14+/t17-/m1/s1. The van der Waals surface area contributed by atoms with Crippen LogP contribution in [0.3, 0.4) is 0 Å². The van der Waals surface area contributed by atoms with E-state index in [-0.39, 0.29) is 24.4 Å². The molecule has 0 radical (unpaired) electrons. The maximum atomic E-state index is 13.5. The van der Waals surface area contributed by atoms with Crippen molar-refractivity contribution in [2.75, 3.05) is 31.8 Å². The lowest BCUT2D eigenvalue weighted by molar-refractivity contribution is -0.122. The van der Waals surface area contributed by atoms with Gasteiger partial charge in [0.15, 0.2) is 11.5 Å². The number of thioether (sulfide) groups is 1. The zero-order valence-corrected chi connectivity index (χ0v) is 22.7. The molecule has 0 fully saturated rings. The molecule has 5 rings (SSSR count). The van der Waals surface area contributed by atoms with Crippen LogP contribution in [-0.4, -0.2) is 38.7 Å². The number of anilines is 1. The van der Waals surface area contributed by atoms with Crippen molar-refractivity contribution in [1.29, 1.82) is 0 Å². The van der Waals surface area contributed by atoms with Gasteiger partial charge in [-0.15, -0.1) is 0 Å². The van der Waals surface area contributed by atoms with Crippen molar-refractivity contribution >= 4 is 51.3 Å². The molecule has 2 aliphatic rings. The third-order valence-corrected chi connectivity index (χ3v) is 7.75. The van der Waals surface area contributed by atoms with Crippen LogP contribution in [0.5, 0.6) is 17.2 Å². The third kappa shape index (κ3) is 5.47. The number of amides is 2. The number of nitrogens with zero attached hydrogens (tertiary/aromatic N) is 1. The number of carbonyl (C=O) groups excluding carboxylic acids is 2. The highest BCUT2D eigenvalue weighted by atomic mass is 79.9. The average molecular weight is 581 g/mol. The molecule has 3 aromatic carbocycles. The second-order valence-corrected chi connectivity index (χ2v) is 10.5. The first-order chi connectivity index (χ1) is 17.9. The predicted molar refractivity (Wildman–Crippen MR) is 147 cm³/mol. The molecular formula is C28H25BrN2O5S. The molecule has 0 bridgehead atoms. The normalized spacial score (nSPS) is 16.2. The van der Waals surface area contributed by atoms with E-state index in [4.69, 9.17) is 14.2 Å². The van der Waals surface area contributed by atoms with Gasteiger partial charge >= 0.3 is 0 Å². The van der Waals surface area contributed by atoms with Crippen LogP contribution >= 0.6 is 27.7 Å². The molecule has 0 saturated heterocycles. The minimum absolute atomic E-state index is 0.102. The molecule has 2 aliphatic heterocycles. The number of para-hydroxylation sites is 1. The summed E-state index contributed by atoms with van der Waals surface area (Å²) in [5, 5.41) is 3.01. The third-order valence-electron chi connectivity index (χ3n) is 6.05. The summed E-state index contributed by atoms with van der Waals surface area (Å²) in [5.74, 6) is 1.59. The first-order valence-electron chi connectivity index (χ1n) is 11.8. The summed E-state index contributed by atoms with van der Waals surface area (Å²) in [6.45, 7) is 2.82. The molecule has 7 nitrogen and oxygen atoms in total. The van der Waals surface area contributed by atoms with Crippen LogP contribution in [0.15, 0.2) is 74.9 Å². The highest BCUT2D eigenvalue weighted by Gasteiger charge is 2.31. The summed E-state index contributed by atoms with van der Waals surface area (Å²) in [6.07, 6.45) is 1.83. The maximum absolute atomic E-state index is 13.5. The van der Waals surface area contributed by atoms with E-state index in [1.54, 1.807) is 7.11 Å². The molecule has 0 saturated carbocycles. The fraction of sp³-hybridized carbons (Fsp3) is 0.214. The van der Waals surface area contributed by atoms with E-state index in [9.17, 15) is 9.59 Å². The average Bonchev–Trinajstić information content (AvgIpc) is 2.90. The van der Waals surface area contributed by atoms with Gasteiger partial charge in [-0.1, -0.05) is 36.0 Å². The Morgan fingerprint density at radius 2 is 1.92 bits per heavy atom. The zero-order chi connectivity index (χ0) is 25.9. The molecule has 0 aliphatic carbocycles. The summed E-state index contributed by atoms with van der Waals surface area (Å²) in [5.41, 5.74) is 2.46. The van der Waals surface area contributed by atoms with Gasteiger partial charge in [0.2, 0.25) is 5.91 Å². The Kier molecular flexibility index (Phi) is 7.43. The molecule has 190 valence electrons. The van der Waals surface area contributed by atoms with E-state index >= 15 is 0 Å². The van der Waals surface area contributed by atoms with E-state index in [1.165, 1.54) is 16.7 Å². The van der Waals surface area contributed by atoms with Gasteiger partial charge in [-0.25, -0.2) is 0 Å². The number of hydrogen-bond acceptors (Lipinski definition) is 6. The molecule has 37 heavy (non-hydrogen) atoms. The Hall–Kier alpha value is -3.43. The van der Waals surface area contributed by atoms with Gasteiger partial charge in [-0.3, -0.25) is 14.5 Å². The van der Waals surface area contributed by atoms with Crippen molar-refractivity contribution in [2.24, 2.45) is 0 Å². The molecule has 0 aromatic heterocycles. The Morgan fingerprint density at radius 1 is 1.14 bits per heavy atom. The quantitative estimate of drug-likeness (QED) is 0.383. The molecule has 2 amide bonds. The monoisotopic (exact) mass is 580 g/mol. The van der Waals surface area contributed by atoms with Crippen LogP contribution in [-0.2, 0) is 9.59 Å². The Bertz CT molecular complexity index is 1390. The summed E-state index contributed by atoms with van der Waals surface area (Å²) >= 11 is 4.89. The van der Waals surface area contributed by atoms with Crippen molar-refractivity contribution in [2.45, 2.75) is 17.9 Å². The van der Waals surface area contributed by atoms with E-state index < -0.39 is 0 Å². The minimum atomic E-state index is -0.278. The number of benzene rings is 3. The van der Waals surface area contributed by atoms with Gasteiger partial charge in [-0.05, 0) is 76.5 Å². The van der Waals surface area contributed by atoms with Gasteiger partial charge in [0.25, 0.3) is 5.91 Å². The van der Waals surface area contributed by atoms with Gasteiger partial charge < -0.3 is 19.5 Å². The minimum Gasteiger partial charge on any atom is -0.496 e. The van der Waals surface area contributed by atoms with E-state index in [0.717, 1.165) is 20.5 Å². The van der Waals surface area contributed by atoms with Crippen LogP contribution in [0, 0.1) is 0 Å². The molecule has 1 N–H and O–H groups in total. The number of ether oxygens (including phenoxy) is 3. The van der Waals surface area contributed by atoms with Crippen LogP contribution < -0.4 is 24.4 Å². The molecule has 0 spiro atoms. The largest absolute Gasteiger partial charge is 0.496 e.